The second kappa shape index (κ2) is 6.01. The zero-order valence-corrected chi connectivity index (χ0v) is 6.31. The van der Waals surface area contributed by atoms with E-state index >= 15 is 0 Å². The Morgan fingerprint density at radius 1 is 1.33 bits per heavy atom. The van der Waals surface area contributed by atoms with Gasteiger partial charge in [0.25, 0.3) is 0 Å². The highest BCUT2D eigenvalue weighted by molar-refractivity contribution is 4.32. The summed E-state index contributed by atoms with van der Waals surface area (Å²) < 4.78 is 5.11. The lowest BCUT2D eigenvalue weighted by molar-refractivity contribution is -0.0753. The van der Waals surface area contributed by atoms with Gasteiger partial charge in [-0.05, 0) is 20.8 Å². The molecule has 0 saturated heterocycles. The van der Waals surface area contributed by atoms with E-state index in [2.05, 4.69) is 5.48 Å². The monoisotopic (exact) mass is 133 g/mol. The molecule has 0 aromatic rings. The average molecular weight is 133 g/mol. The van der Waals surface area contributed by atoms with E-state index in [4.69, 9.17) is 9.57 Å². The van der Waals surface area contributed by atoms with E-state index in [-0.39, 0.29) is 6.23 Å². The van der Waals surface area contributed by atoms with Crippen molar-refractivity contribution >= 4 is 0 Å². The number of hydrogen-bond donors (Lipinski definition) is 1. The van der Waals surface area contributed by atoms with Crippen molar-refractivity contribution in [2.75, 3.05) is 13.2 Å². The summed E-state index contributed by atoms with van der Waals surface area (Å²) in [6.45, 7) is 7.15. The molecular formula is C6H15NO2. The summed E-state index contributed by atoms with van der Waals surface area (Å²) in [6, 6.07) is 0. The van der Waals surface area contributed by atoms with Crippen molar-refractivity contribution in [3.8, 4) is 0 Å². The number of hydrogen-bond acceptors (Lipinski definition) is 3. The minimum atomic E-state index is -0.00468. The van der Waals surface area contributed by atoms with Crippen LogP contribution in [0.25, 0.3) is 0 Å². The SMILES string of the molecule is CCONC(C)OCC. The molecule has 3 nitrogen and oxygen atoms in total. The third-order valence-electron chi connectivity index (χ3n) is 0.810. The maximum absolute atomic E-state index is 5.11. The van der Waals surface area contributed by atoms with Crippen LogP contribution < -0.4 is 5.48 Å². The fourth-order valence-corrected chi connectivity index (χ4v) is 0.485. The number of hydroxylamine groups is 1. The van der Waals surface area contributed by atoms with Crippen LogP contribution in [0.3, 0.4) is 0 Å². The van der Waals surface area contributed by atoms with Crippen molar-refractivity contribution in [1.29, 1.82) is 0 Å². The van der Waals surface area contributed by atoms with Crippen molar-refractivity contribution in [3.63, 3.8) is 0 Å². The summed E-state index contributed by atoms with van der Waals surface area (Å²) in [7, 11) is 0. The van der Waals surface area contributed by atoms with E-state index in [0.29, 0.717) is 13.2 Å². The molecule has 1 unspecified atom stereocenters. The summed E-state index contributed by atoms with van der Waals surface area (Å²) in [4.78, 5) is 4.87. The van der Waals surface area contributed by atoms with Gasteiger partial charge in [-0.3, -0.25) is 4.84 Å². The van der Waals surface area contributed by atoms with E-state index < -0.39 is 0 Å². The van der Waals surface area contributed by atoms with Crippen LogP contribution in [-0.2, 0) is 9.57 Å². The molecule has 0 spiro atoms. The Bertz CT molecular complexity index is 59.0. The fourth-order valence-electron chi connectivity index (χ4n) is 0.485. The Labute approximate surface area is 56.3 Å². The second-order valence-electron chi connectivity index (χ2n) is 1.65. The van der Waals surface area contributed by atoms with E-state index in [9.17, 15) is 0 Å². The van der Waals surface area contributed by atoms with Gasteiger partial charge in [0.05, 0.1) is 6.61 Å². The zero-order valence-electron chi connectivity index (χ0n) is 6.31. The lowest BCUT2D eigenvalue weighted by Crippen LogP contribution is -2.28. The van der Waals surface area contributed by atoms with Crippen molar-refractivity contribution in [1.82, 2.24) is 5.48 Å². The van der Waals surface area contributed by atoms with E-state index in [1.165, 1.54) is 0 Å². The van der Waals surface area contributed by atoms with Gasteiger partial charge in [-0.25, -0.2) is 0 Å². The minimum Gasteiger partial charge on any atom is -0.362 e. The molecule has 0 amide bonds. The molecule has 0 radical (unpaired) electrons. The van der Waals surface area contributed by atoms with Gasteiger partial charge in [0.2, 0.25) is 0 Å². The highest BCUT2D eigenvalue weighted by Crippen LogP contribution is 1.83. The van der Waals surface area contributed by atoms with Crippen LogP contribution >= 0.6 is 0 Å². The second-order valence-corrected chi connectivity index (χ2v) is 1.65. The Balaban J connectivity index is 2.95. The first-order chi connectivity index (χ1) is 4.31. The lowest BCUT2D eigenvalue weighted by Gasteiger charge is -2.11. The van der Waals surface area contributed by atoms with Gasteiger partial charge >= 0.3 is 0 Å². The fraction of sp³-hybridized carbons (Fsp3) is 1.00. The van der Waals surface area contributed by atoms with Crippen LogP contribution in [0.15, 0.2) is 0 Å². The molecule has 0 heterocycles. The molecule has 0 bridgehead atoms. The number of ether oxygens (including phenoxy) is 1. The maximum Gasteiger partial charge on any atom is 0.127 e. The highest BCUT2D eigenvalue weighted by atomic mass is 16.7. The first-order valence-corrected chi connectivity index (χ1v) is 3.30. The maximum atomic E-state index is 5.11. The molecule has 0 aromatic carbocycles. The van der Waals surface area contributed by atoms with E-state index in [1.54, 1.807) is 0 Å². The van der Waals surface area contributed by atoms with Gasteiger partial charge in [-0.1, -0.05) is 0 Å². The first kappa shape index (κ1) is 8.88. The molecule has 0 aliphatic carbocycles. The molecule has 1 atom stereocenters. The Morgan fingerprint density at radius 3 is 2.44 bits per heavy atom. The van der Waals surface area contributed by atoms with E-state index in [0.717, 1.165) is 0 Å². The molecule has 1 N–H and O–H groups in total. The molecule has 0 aliphatic heterocycles. The van der Waals surface area contributed by atoms with Crippen molar-refractivity contribution in [2.45, 2.75) is 27.0 Å². The molecular weight excluding hydrogens is 118 g/mol. The van der Waals surface area contributed by atoms with Crippen molar-refractivity contribution in [3.05, 3.63) is 0 Å². The van der Waals surface area contributed by atoms with Gasteiger partial charge in [-0.2, -0.15) is 5.48 Å². The smallest absolute Gasteiger partial charge is 0.127 e. The highest BCUT2D eigenvalue weighted by Gasteiger charge is 1.95. The minimum absolute atomic E-state index is 0.00468. The van der Waals surface area contributed by atoms with Gasteiger partial charge in [0.15, 0.2) is 0 Å². The topological polar surface area (TPSA) is 30.5 Å². The van der Waals surface area contributed by atoms with Crippen LogP contribution in [0.4, 0.5) is 0 Å². The zero-order chi connectivity index (χ0) is 7.11. The molecule has 0 rings (SSSR count). The summed E-state index contributed by atoms with van der Waals surface area (Å²) >= 11 is 0. The lowest BCUT2D eigenvalue weighted by atomic mass is 10.7. The van der Waals surface area contributed by atoms with Crippen LogP contribution in [0.1, 0.15) is 20.8 Å². The molecule has 56 valence electrons. The summed E-state index contributed by atoms with van der Waals surface area (Å²) in [5, 5.41) is 0. The summed E-state index contributed by atoms with van der Waals surface area (Å²) in [6.07, 6.45) is -0.00468. The van der Waals surface area contributed by atoms with Gasteiger partial charge in [0.1, 0.15) is 6.23 Å². The van der Waals surface area contributed by atoms with Gasteiger partial charge in [0, 0.05) is 6.61 Å². The molecule has 3 heteroatoms. The first-order valence-electron chi connectivity index (χ1n) is 3.30. The van der Waals surface area contributed by atoms with Crippen LogP contribution in [0.5, 0.6) is 0 Å². The van der Waals surface area contributed by atoms with Crippen molar-refractivity contribution < 1.29 is 9.57 Å². The quantitative estimate of drug-likeness (QED) is 0.446. The van der Waals surface area contributed by atoms with Gasteiger partial charge in [-0.15, -0.1) is 0 Å². The number of rotatable bonds is 5. The Hall–Kier alpha value is -0.120. The van der Waals surface area contributed by atoms with Crippen LogP contribution in [0.2, 0.25) is 0 Å². The Morgan fingerprint density at radius 2 is 2.00 bits per heavy atom. The van der Waals surface area contributed by atoms with Crippen LogP contribution in [-0.4, -0.2) is 19.4 Å². The normalized spacial score (nSPS) is 13.7. The standard InChI is InChI=1S/C6H15NO2/c1-4-8-6(3)7-9-5-2/h6-7H,4-5H2,1-3H3. The molecule has 0 saturated carbocycles. The van der Waals surface area contributed by atoms with E-state index in [1.807, 2.05) is 20.8 Å². The number of nitrogens with one attached hydrogen (secondary N) is 1. The third-order valence-corrected chi connectivity index (χ3v) is 0.810. The average Bonchev–Trinajstić information content (AvgIpc) is 1.85. The Kier molecular flexibility index (Phi) is 5.93. The van der Waals surface area contributed by atoms with Gasteiger partial charge < -0.3 is 4.74 Å². The van der Waals surface area contributed by atoms with Crippen LogP contribution in [0, 0.1) is 0 Å². The summed E-state index contributed by atoms with van der Waals surface area (Å²) in [5.41, 5.74) is 2.71. The molecule has 0 aromatic heterocycles. The molecule has 0 aliphatic rings. The largest absolute Gasteiger partial charge is 0.362 e. The molecule has 0 fully saturated rings. The predicted molar refractivity (Wildman–Crippen MR) is 35.8 cm³/mol. The predicted octanol–water partition coefficient (Wildman–Crippen LogP) is 0.910. The van der Waals surface area contributed by atoms with Crippen molar-refractivity contribution in [2.24, 2.45) is 0 Å². The third kappa shape index (κ3) is 5.76. The summed E-state index contributed by atoms with van der Waals surface area (Å²) in [5.74, 6) is 0. The molecule has 9 heavy (non-hydrogen) atoms.